The van der Waals surface area contributed by atoms with E-state index in [2.05, 4.69) is 5.32 Å². The number of benzene rings is 2. The molecule has 1 N–H and O–H groups in total. The van der Waals surface area contributed by atoms with Crippen LogP contribution < -0.4 is 10.1 Å². The molecule has 0 bridgehead atoms. The van der Waals surface area contributed by atoms with Crippen molar-refractivity contribution in [1.29, 1.82) is 0 Å². The van der Waals surface area contributed by atoms with Crippen LogP contribution >= 0.6 is 0 Å². The first-order valence-electron chi connectivity index (χ1n) is 6.90. The summed E-state index contributed by atoms with van der Waals surface area (Å²) in [6, 6.07) is 17.0. The Kier molecular flexibility index (Phi) is 5.21. The summed E-state index contributed by atoms with van der Waals surface area (Å²) in [5, 5.41) is 3.01. The van der Waals surface area contributed by atoms with Crippen molar-refractivity contribution in [2.45, 2.75) is 20.0 Å². The third kappa shape index (κ3) is 5.18. The molecule has 2 aromatic rings. The highest BCUT2D eigenvalue weighted by Crippen LogP contribution is 2.22. The first kappa shape index (κ1) is 14.9. The second-order valence-electron chi connectivity index (χ2n) is 4.83. The summed E-state index contributed by atoms with van der Waals surface area (Å²) in [6.45, 7) is 3.80. The number of hydrogen-bond acceptors (Lipinski definition) is 4. The highest BCUT2D eigenvalue weighted by Gasteiger charge is 2.05. The van der Waals surface area contributed by atoms with Gasteiger partial charge in [-0.2, -0.15) is 0 Å². The van der Waals surface area contributed by atoms with Crippen LogP contribution in [0.2, 0.25) is 0 Å². The van der Waals surface area contributed by atoms with Gasteiger partial charge in [0.25, 0.3) is 0 Å². The average Bonchev–Trinajstić information content (AvgIpc) is 2.47. The van der Waals surface area contributed by atoms with E-state index in [0.29, 0.717) is 0 Å². The molecule has 0 saturated heterocycles. The number of rotatable bonds is 6. The van der Waals surface area contributed by atoms with E-state index in [1.165, 1.54) is 0 Å². The fraction of sp³-hybridized carbons (Fsp3) is 0.235. The van der Waals surface area contributed by atoms with Crippen LogP contribution in [0.1, 0.15) is 13.8 Å². The van der Waals surface area contributed by atoms with Crippen LogP contribution in [0, 0.1) is 0 Å². The van der Waals surface area contributed by atoms with Gasteiger partial charge in [0.2, 0.25) is 0 Å². The zero-order valence-electron chi connectivity index (χ0n) is 12.2. The van der Waals surface area contributed by atoms with Crippen molar-refractivity contribution in [2.24, 2.45) is 0 Å². The van der Waals surface area contributed by atoms with Crippen molar-refractivity contribution in [3.63, 3.8) is 0 Å². The van der Waals surface area contributed by atoms with Crippen LogP contribution in [0.5, 0.6) is 11.5 Å². The molecule has 0 aliphatic carbocycles. The zero-order chi connectivity index (χ0) is 15.1. The number of ether oxygens (including phenoxy) is 2. The minimum absolute atomic E-state index is 0.0963. The second-order valence-corrected chi connectivity index (χ2v) is 4.83. The van der Waals surface area contributed by atoms with Gasteiger partial charge in [-0.25, -0.2) is 0 Å². The molecule has 0 amide bonds. The van der Waals surface area contributed by atoms with E-state index >= 15 is 0 Å². The summed E-state index contributed by atoms with van der Waals surface area (Å²) in [7, 11) is 0. The third-order valence-electron chi connectivity index (χ3n) is 2.64. The molecule has 0 aromatic heterocycles. The standard InChI is InChI=1S/C17H19NO3/c1-13(2)20-17(19)12-18-14-8-10-16(11-9-14)21-15-6-4-3-5-7-15/h3-11,13,18H,12H2,1-2H3. The molecule has 0 radical (unpaired) electrons. The Morgan fingerprint density at radius 2 is 1.62 bits per heavy atom. The van der Waals surface area contributed by atoms with Gasteiger partial charge < -0.3 is 14.8 Å². The van der Waals surface area contributed by atoms with Gasteiger partial charge in [0, 0.05) is 5.69 Å². The van der Waals surface area contributed by atoms with Gasteiger partial charge in [-0.05, 0) is 50.2 Å². The molecule has 0 fully saturated rings. The molecular formula is C17H19NO3. The topological polar surface area (TPSA) is 47.6 Å². The average molecular weight is 285 g/mol. The van der Waals surface area contributed by atoms with Gasteiger partial charge in [-0.1, -0.05) is 18.2 Å². The van der Waals surface area contributed by atoms with E-state index in [9.17, 15) is 4.79 Å². The van der Waals surface area contributed by atoms with Crippen molar-refractivity contribution in [3.8, 4) is 11.5 Å². The highest BCUT2D eigenvalue weighted by atomic mass is 16.5. The molecule has 0 saturated carbocycles. The Balaban J connectivity index is 1.86. The Morgan fingerprint density at radius 1 is 1.00 bits per heavy atom. The van der Waals surface area contributed by atoms with Crippen molar-refractivity contribution < 1.29 is 14.3 Å². The van der Waals surface area contributed by atoms with Gasteiger partial charge >= 0.3 is 5.97 Å². The monoisotopic (exact) mass is 285 g/mol. The number of hydrogen-bond donors (Lipinski definition) is 1. The first-order chi connectivity index (χ1) is 10.1. The van der Waals surface area contributed by atoms with E-state index in [1.54, 1.807) is 0 Å². The fourth-order valence-corrected chi connectivity index (χ4v) is 1.74. The Morgan fingerprint density at radius 3 is 2.24 bits per heavy atom. The summed E-state index contributed by atoms with van der Waals surface area (Å²) in [5.41, 5.74) is 0.844. The quantitative estimate of drug-likeness (QED) is 0.819. The molecule has 0 spiro atoms. The first-order valence-corrected chi connectivity index (χ1v) is 6.90. The molecule has 0 unspecified atom stereocenters. The van der Waals surface area contributed by atoms with Gasteiger partial charge in [0.1, 0.15) is 18.0 Å². The van der Waals surface area contributed by atoms with Crippen molar-refractivity contribution in [3.05, 3.63) is 54.6 Å². The summed E-state index contributed by atoms with van der Waals surface area (Å²) < 4.78 is 10.7. The lowest BCUT2D eigenvalue weighted by Crippen LogP contribution is -2.20. The maximum Gasteiger partial charge on any atom is 0.325 e. The fourth-order valence-electron chi connectivity index (χ4n) is 1.74. The molecule has 2 rings (SSSR count). The van der Waals surface area contributed by atoms with Gasteiger partial charge in [-0.15, -0.1) is 0 Å². The van der Waals surface area contributed by atoms with Crippen molar-refractivity contribution in [2.75, 3.05) is 11.9 Å². The van der Waals surface area contributed by atoms with Crippen LogP contribution in [0.3, 0.4) is 0 Å². The minimum Gasteiger partial charge on any atom is -0.462 e. The van der Waals surface area contributed by atoms with Gasteiger partial charge in [0.15, 0.2) is 0 Å². The molecule has 110 valence electrons. The predicted octanol–water partition coefficient (Wildman–Crippen LogP) is 3.84. The highest BCUT2D eigenvalue weighted by molar-refractivity contribution is 5.75. The second kappa shape index (κ2) is 7.33. The van der Waals surface area contributed by atoms with E-state index in [0.717, 1.165) is 17.2 Å². The molecule has 21 heavy (non-hydrogen) atoms. The summed E-state index contributed by atoms with van der Waals surface area (Å²) in [4.78, 5) is 11.4. The van der Waals surface area contributed by atoms with E-state index < -0.39 is 0 Å². The van der Waals surface area contributed by atoms with E-state index in [1.807, 2.05) is 68.4 Å². The predicted molar refractivity (Wildman–Crippen MR) is 82.7 cm³/mol. The largest absolute Gasteiger partial charge is 0.462 e. The van der Waals surface area contributed by atoms with Crippen LogP contribution in [-0.4, -0.2) is 18.6 Å². The third-order valence-corrected chi connectivity index (χ3v) is 2.64. The Bertz CT molecular complexity index is 564. The van der Waals surface area contributed by atoms with Crippen molar-refractivity contribution >= 4 is 11.7 Å². The SMILES string of the molecule is CC(C)OC(=O)CNc1ccc(Oc2ccccc2)cc1. The van der Waals surface area contributed by atoms with E-state index in [-0.39, 0.29) is 18.6 Å². The maximum atomic E-state index is 11.4. The number of esters is 1. The molecule has 0 aliphatic rings. The number of anilines is 1. The van der Waals surface area contributed by atoms with Crippen LogP contribution in [-0.2, 0) is 9.53 Å². The lowest BCUT2D eigenvalue weighted by molar-refractivity contribution is -0.145. The minimum atomic E-state index is -0.269. The maximum absolute atomic E-state index is 11.4. The zero-order valence-corrected chi connectivity index (χ0v) is 12.2. The number of para-hydroxylation sites is 1. The molecule has 0 heterocycles. The van der Waals surface area contributed by atoms with Crippen LogP contribution in [0.25, 0.3) is 0 Å². The molecule has 0 aliphatic heterocycles. The summed E-state index contributed by atoms with van der Waals surface area (Å²) in [6.07, 6.45) is -0.0963. The smallest absolute Gasteiger partial charge is 0.325 e. The number of carbonyl (C=O) groups is 1. The normalized spacial score (nSPS) is 10.2. The van der Waals surface area contributed by atoms with E-state index in [4.69, 9.17) is 9.47 Å². The molecule has 4 heteroatoms. The molecule has 0 atom stereocenters. The summed E-state index contributed by atoms with van der Waals surface area (Å²) in [5.74, 6) is 1.27. The van der Waals surface area contributed by atoms with Crippen LogP contribution in [0.15, 0.2) is 54.6 Å². The molecule has 2 aromatic carbocycles. The van der Waals surface area contributed by atoms with Crippen molar-refractivity contribution in [1.82, 2.24) is 0 Å². The Hall–Kier alpha value is -2.49. The Labute approximate surface area is 124 Å². The number of nitrogens with one attached hydrogen (secondary N) is 1. The molecule has 4 nitrogen and oxygen atoms in total. The lowest BCUT2D eigenvalue weighted by atomic mass is 10.3. The number of carbonyl (C=O) groups excluding carboxylic acids is 1. The molecular weight excluding hydrogens is 266 g/mol. The van der Waals surface area contributed by atoms with Crippen LogP contribution in [0.4, 0.5) is 5.69 Å². The van der Waals surface area contributed by atoms with Gasteiger partial charge in [-0.3, -0.25) is 4.79 Å². The lowest BCUT2D eigenvalue weighted by Gasteiger charge is -2.10. The van der Waals surface area contributed by atoms with Gasteiger partial charge in [0.05, 0.1) is 6.10 Å². The summed E-state index contributed by atoms with van der Waals surface area (Å²) >= 11 is 0.